The average molecular weight is 370 g/mol. The topological polar surface area (TPSA) is 49.9 Å². The highest BCUT2D eigenvalue weighted by molar-refractivity contribution is 7.88. The SMILES string of the molecule is CCN1CCCN(S(=O)(=O)Cc2ccccc2F)CC12CCOCC2. The summed E-state index contributed by atoms with van der Waals surface area (Å²) in [5, 5.41) is 0. The van der Waals surface area contributed by atoms with E-state index < -0.39 is 15.8 Å². The number of nitrogens with zero attached hydrogens (tertiary/aromatic N) is 2. The zero-order valence-corrected chi connectivity index (χ0v) is 15.6. The molecule has 1 aromatic carbocycles. The van der Waals surface area contributed by atoms with Crippen LogP contribution in [0.25, 0.3) is 0 Å². The van der Waals surface area contributed by atoms with Crippen molar-refractivity contribution in [3.05, 3.63) is 35.6 Å². The van der Waals surface area contributed by atoms with E-state index in [2.05, 4.69) is 11.8 Å². The molecule has 0 bridgehead atoms. The van der Waals surface area contributed by atoms with Crippen LogP contribution in [-0.2, 0) is 20.5 Å². The van der Waals surface area contributed by atoms with Crippen molar-refractivity contribution >= 4 is 10.0 Å². The van der Waals surface area contributed by atoms with Gasteiger partial charge >= 0.3 is 0 Å². The molecule has 140 valence electrons. The predicted molar refractivity (Wildman–Crippen MR) is 95.2 cm³/mol. The van der Waals surface area contributed by atoms with Crippen LogP contribution in [0.5, 0.6) is 0 Å². The van der Waals surface area contributed by atoms with Gasteiger partial charge in [-0.3, -0.25) is 4.90 Å². The third-order valence-electron chi connectivity index (χ3n) is 5.47. The van der Waals surface area contributed by atoms with Crippen LogP contribution in [0, 0.1) is 5.82 Å². The van der Waals surface area contributed by atoms with E-state index in [1.807, 2.05) is 0 Å². The molecule has 0 amide bonds. The molecule has 2 aliphatic rings. The summed E-state index contributed by atoms with van der Waals surface area (Å²) in [6.45, 7) is 6.22. The van der Waals surface area contributed by atoms with Gasteiger partial charge in [-0.1, -0.05) is 25.1 Å². The second-order valence-electron chi connectivity index (χ2n) is 6.95. The Morgan fingerprint density at radius 3 is 2.60 bits per heavy atom. The van der Waals surface area contributed by atoms with E-state index in [4.69, 9.17) is 4.74 Å². The summed E-state index contributed by atoms with van der Waals surface area (Å²) in [5.41, 5.74) is 0.0753. The zero-order chi connectivity index (χ0) is 17.9. The van der Waals surface area contributed by atoms with Crippen LogP contribution in [-0.4, -0.2) is 62.6 Å². The molecule has 25 heavy (non-hydrogen) atoms. The molecule has 0 aliphatic carbocycles. The summed E-state index contributed by atoms with van der Waals surface area (Å²) in [7, 11) is -3.56. The molecular weight excluding hydrogens is 343 g/mol. The van der Waals surface area contributed by atoms with Crippen LogP contribution >= 0.6 is 0 Å². The highest BCUT2D eigenvalue weighted by Crippen LogP contribution is 2.32. The quantitative estimate of drug-likeness (QED) is 0.816. The van der Waals surface area contributed by atoms with Gasteiger partial charge in [0.1, 0.15) is 5.82 Å². The predicted octanol–water partition coefficient (Wildman–Crippen LogP) is 2.23. The number of hydrogen-bond acceptors (Lipinski definition) is 4. The van der Waals surface area contributed by atoms with Crippen molar-refractivity contribution in [1.82, 2.24) is 9.21 Å². The third kappa shape index (κ3) is 4.05. The Kier molecular flexibility index (Phi) is 5.78. The van der Waals surface area contributed by atoms with Gasteiger partial charge in [-0.2, -0.15) is 4.31 Å². The number of hydrogen-bond donors (Lipinski definition) is 0. The minimum atomic E-state index is -3.56. The first-order chi connectivity index (χ1) is 12.0. The van der Waals surface area contributed by atoms with E-state index in [9.17, 15) is 12.8 Å². The Balaban J connectivity index is 1.84. The van der Waals surface area contributed by atoms with Crippen molar-refractivity contribution in [2.75, 3.05) is 39.4 Å². The number of benzene rings is 1. The number of halogens is 1. The highest BCUT2D eigenvalue weighted by Gasteiger charge is 2.43. The van der Waals surface area contributed by atoms with Crippen LogP contribution in [0.2, 0.25) is 0 Å². The van der Waals surface area contributed by atoms with Gasteiger partial charge in [0.05, 0.1) is 5.75 Å². The maximum atomic E-state index is 13.9. The molecule has 3 rings (SSSR count). The van der Waals surface area contributed by atoms with Gasteiger partial charge in [0, 0.05) is 37.4 Å². The molecule has 2 aliphatic heterocycles. The van der Waals surface area contributed by atoms with E-state index in [1.54, 1.807) is 22.5 Å². The molecule has 0 radical (unpaired) electrons. The van der Waals surface area contributed by atoms with Crippen molar-refractivity contribution < 1.29 is 17.5 Å². The van der Waals surface area contributed by atoms with Crippen molar-refractivity contribution in [2.24, 2.45) is 0 Å². The molecule has 2 heterocycles. The molecule has 0 saturated carbocycles. The summed E-state index contributed by atoms with van der Waals surface area (Å²) in [6, 6.07) is 6.11. The summed E-state index contributed by atoms with van der Waals surface area (Å²) in [4.78, 5) is 2.41. The summed E-state index contributed by atoms with van der Waals surface area (Å²) in [5.74, 6) is -0.741. The first-order valence-corrected chi connectivity index (χ1v) is 10.6. The highest BCUT2D eigenvalue weighted by atomic mass is 32.2. The molecule has 2 saturated heterocycles. The molecular formula is C18H27FN2O3S. The van der Waals surface area contributed by atoms with Gasteiger partial charge in [-0.15, -0.1) is 0 Å². The Bertz CT molecular complexity index is 689. The van der Waals surface area contributed by atoms with E-state index >= 15 is 0 Å². The van der Waals surface area contributed by atoms with Crippen LogP contribution in [0.4, 0.5) is 4.39 Å². The fourth-order valence-corrected chi connectivity index (χ4v) is 5.70. The molecule has 0 aromatic heterocycles. The molecule has 7 heteroatoms. The minimum absolute atomic E-state index is 0.161. The largest absolute Gasteiger partial charge is 0.381 e. The lowest BCUT2D eigenvalue weighted by molar-refractivity contribution is -0.0263. The normalized spacial score (nSPS) is 22.8. The van der Waals surface area contributed by atoms with Crippen molar-refractivity contribution in [3.63, 3.8) is 0 Å². The Morgan fingerprint density at radius 1 is 1.20 bits per heavy atom. The maximum Gasteiger partial charge on any atom is 0.218 e. The fraction of sp³-hybridized carbons (Fsp3) is 0.667. The summed E-state index contributed by atoms with van der Waals surface area (Å²) in [6.07, 6.45) is 2.48. The second-order valence-corrected chi connectivity index (χ2v) is 8.92. The Labute approximate surface area is 149 Å². The molecule has 5 nitrogen and oxygen atoms in total. The zero-order valence-electron chi connectivity index (χ0n) is 14.8. The lowest BCUT2D eigenvalue weighted by Crippen LogP contribution is -2.57. The first-order valence-electron chi connectivity index (χ1n) is 9.01. The molecule has 2 fully saturated rings. The van der Waals surface area contributed by atoms with Gasteiger partial charge in [-0.25, -0.2) is 12.8 Å². The van der Waals surface area contributed by atoms with E-state index in [0.717, 1.165) is 32.4 Å². The van der Waals surface area contributed by atoms with Crippen LogP contribution in [0.1, 0.15) is 31.7 Å². The lowest BCUT2D eigenvalue weighted by Gasteiger charge is -2.46. The Morgan fingerprint density at radius 2 is 1.92 bits per heavy atom. The number of rotatable bonds is 4. The smallest absolute Gasteiger partial charge is 0.218 e. The number of likely N-dealkylation sites (N-methyl/N-ethyl adjacent to an activating group) is 1. The summed E-state index contributed by atoms with van der Waals surface area (Å²) >= 11 is 0. The van der Waals surface area contributed by atoms with Gasteiger partial charge in [0.25, 0.3) is 0 Å². The monoisotopic (exact) mass is 370 g/mol. The maximum absolute atomic E-state index is 13.9. The lowest BCUT2D eigenvalue weighted by atomic mass is 9.88. The van der Waals surface area contributed by atoms with Gasteiger partial charge in [-0.05, 0) is 38.4 Å². The van der Waals surface area contributed by atoms with Crippen LogP contribution in [0.3, 0.4) is 0 Å². The second kappa shape index (κ2) is 7.70. The molecule has 0 unspecified atom stereocenters. The van der Waals surface area contributed by atoms with Crippen molar-refractivity contribution in [3.8, 4) is 0 Å². The number of sulfonamides is 1. The fourth-order valence-electron chi connectivity index (χ4n) is 4.04. The van der Waals surface area contributed by atoms with Gasteiger partial charge in [0.15, 0.2) is 0 Å². The van der Waals surface area contributed by atoms with Gasteiger partial charge in [0.2, 0.25) is 10.0 Å². The number of ether oxygens (including phenoxy) is 1. The first kappa shape index (κ1) is 18.8. The molecule has 0 atom stereocenters. The van der Waals surface area contributed by atoms with E-state index in [0.29, 0.717) is 26.3 Å². The van der Waals surface area contributed by atoms with Crippen molar-refractivity contribution in [2.45, 2.75) is 37.5 Å². The Hall–Kier alpha value is -1.02. The van der Waals surface area contributed by atoms with Gasteiger partial charge < -0.3 is 4.74 Å². The molecule has 1 spiro atoms. The van der Waals surface area contributed by atoms with E-state index in [1.165, 1.54) is 6.07 Å². The summed E-state index contributed by atoms with van der Waals surface area (Å²) < 4.78 is 47.0. The molecule has 1 aromatic rings. The molecule has 0 N–H and O–H groups in total. The third-order valence-corrected chi connectivity index (χ3v) is 7.25. The van der Waals surface area contributed by atoms with Crippen LogP contribution in [0.15, 0.2) is 24.3 Å². The standard InChI is InChI=1S/C18H27FN2O3S/c1-2-20-10-5-11-21(15-18(20)8-12-24-13-9-18)25(22,23)14-16-6-3-4-7-17(16)19/h3-4,6-7H,2,5,8-15H2,1H3. The van der Waals surface area contributed by atoms with E-state index in [-0.39, 0.29) is 16.9 Å². The van der Waals surface area contributed by atoms with Crippen LogP contribution < -0.4 is 0 Å². The average Bonchev–Trinajstić information content (AvgIpc) is 2.77. The minimum Gasteiger partial charge on any atom is -0.381 e. The van der Waals surface area contributed by atoms with Crippen molar-refractivity contribution in [1.29, 1.82) is 0 Å².